The molecular formula is C14H11BrN2O2S2. The Morgan fingerprint density at radius 2 is 2.00 bits per heavy atom. The third kappa shape index (κ3) is 2.81. The molecule has 0 unspecified atom stereocenters. The SMILES string of the molecule is CN1Sc2sccc2C(C(=O)Nc2ccc(Br)cc2)=C1O. The molecule has 7 heteroatoms. The number of carbonyl (C=O) groups excluding carboxylic acids is 1. The number of thiophene rings is 1. The number of nitrogens with one attached hydrogen (secondary N) is 1. The second kappa shape index (κ2) is 5.75. The van der Waals surface area contributed by atoms with Crippen LogP contribution >= 0.6 is 39.2 Å². The van der Waals surface area contributed by atoms with E-state index in [9.17, 15) is 9.90 Å². The summed E-state index contributed by atoms with van der Waals surface area (Å²) in [6.45, 7) is 0. The van der Waals surface area contributed by atoms with Crippen LogP contribution in [0.1, 0.15) is 5.56 Å². The lowest BCUT2D eigenvalue weighted by atomic mass is 10.1. The molecule has 0 fully saturated rings. The quantitative estimate of drug-likeness (QED) is 0.758. The van der Waals surface area contributed by atoms with Crippen molar-refractivity contribution in [2.24, 2.45) is 0 Å². The molecule has 0 atom stereocenters. The van der Waals surface area contributed by atoms with E-state index in [0.717, 1.165) is 14.2 Å². The van der Waals surface area contributed by atoms with Crippen molar-refractivity contribution in [1.82, 2.24) is 4.31 Å². The van der Waals surface area contributed by atoms with Crippen molar-refractivity contribution in [1.29, 1.82) is 0 Å². The zero-order valence-electron chi connectivity index (χ0n) is 11.0. The van der Waals surface area contributed by atoms with Crippen LogP contribution in [0.2, 0.25) is 0 Å². The van der Waals surface area contributed by atoms with E-state index >= 15 is 0 Å². The maximum absolute atomic E-state index is 12.5. The van der Waals surface area contributed by atoms with E-state index in [1.54, 1.807) is 34.8 Å². The van der Waals surface area contributed by atoms with Gasteiger partial charge in [-0.15, -0.1) is 11.3 Å². The number of anilines is 1. The van der Waals surface area contributed by atoms with Gasteiger partial charge in [-0.25, -0.2) is 0 Å². The first-order valence-corrected chi connectivity index (χ1v) is 8.50. The predicted molar refractivity (Wildman–Crippen MR) is 90.3 cm³/mol. The van der Waals surface area contributed by atoms with E-state index < -0.39 is 0 Å². The number of benzene rings is 1. The first-order valence-electron chi connectivity index (χ1n) is 6.06. The zero-order valence-corrected chi connectivity index (χ0v) is 14.2. The molecule has 3 rings (SSSR count). The molecular weight excluding hydrogens is 372 g/mol. The summed E-state index contributed by atoms with van der Waals surface area (Å²) in [6, 6.07) is 9.16. The first kappa shape index (κ1) is 14.5. The number of halogens is 1. The Labute approximate surface area is 138 Å². The van der Waals surface area contributed by atoms with Gasteiger partial charge in [0.15, 0.2) is 0 Å². The lowest BCUT2D eigenvalue weighted by molar-refractivity contribution is -0.111. The number of fused-ring (bicyclic) bond motifs is 1. The van der Waals surface area contributed by atoms with Gasteiger partial charge >= 0.3 is 0 Å². The summed E-state index contributed by atoms with van der Waals surface area (Å²) >= 11 is 6.32. The van der Waals surface area contributed by atoms with Gasteiger partial charge < -0.3 is 10.4 Å². The minimum Gasteiger partial charge on any atom is -0.494 e. The molecule has 1 aliphatic rings. The summed E-state index contributed by atoms with van der Waals surface area (Å²) < 4.78 is 3.53. The molecule has 4 nitrogen and oxygen atoms in total. The standard InChI is InChI=1S/C14H11BrN2O2S2/c1-17-13(19)11(10-6-7-20-14(10)21-17)12(18)16-9-4-2-8(15)3-5-9/h2-7,19H,1H3,(H,16,18). The maximum Gasteiger partial charge on any atom is 0.261 e. The van der Waals surface area contributed by atoms with Gasteiger partial charge in [-0.3, -0.25) is 9.10 Å². The Hall–Kier alpha value is -1.44. The van der Waals surface area contributed by atoms with Crippen molar-refractivity contribution >= 4 is 56.4 Å². The number of carbonyl (C=O) groups is 1. The summed E-state index contributed by atoms with van der Waals surface area (Å²) in [4.78, 5) is 12.5. The summed E-state index contributed by atoms with van der Waals surface area (Å²) in [5, 5.41) is 14.9. The molecule has 2 N–H and O–H groups in total. The fourth-order valence-electron chi connectivity index (χ4n) is 1.95. The van der Waals surface area contributed by atoms with Crippen LogP contribution in [0.15, 0.2) is 50.3 Å². The second-order valence-corrected chi connectivity index (χ2v) is 7.60. The van der Waals surface area contributed by atoms with Crippen molar-refractivity contribution < 1.29 is 9.90 Å². The molecule has 1 aromatic carbocycles. The number of hydrogen-bond donors (Lipinski definition) is 2. The Bertz CT molecular complexity index is 725. The molecule has 0 aliphatic carbocycles. The Morgan fingerprint density at radius 3 is 2.71 bits per heavy atom. The molecule has 21 heavy (non-hydrogen) atoms. The smallest absolute Gasteiger partial charge is 0.261 e. The highest BCUT2D eigenvalue weighted by atomic mass is 79.9. The summed E-state index contributed by atoms with van der Waals surface area (Å²) in [7, 11) is 1.73. The van der Waals surface area contributed by atoms with Gasteiger partial charge in [-0.05, 0) is 35.7 Å². The van der Waals surface area contributed by atoms with Gasteiger partial charge in [-0.1, -0.05) is 15.9 Å². The van der Waals surface area contributed by atoms with Crippen LogP contribution in [-0.2, 0) is 4.79 Å². The molecule has 2 heterocycles. The van der Waals surface area contributed by atoms with Gasteiger partial charge in [0.1, 0.15) is 5.57 Å². The van der Waals surface area contributed by atoms with Crippen molar-refractivity contribution in [2.75, 3.05) is 12.4 Å². The van der Waals surface area contributed by atoms with Crippen LogP contribution in [0, 0.1) is 0 Å². The highest BCUT2D eigenvalue weighted by Crippen LogP contribution is 2.42. The summed E-state index contributed by atoms with van der Waals surface area (Å²) in [6.07, 6.45) is 0. The number of aliphatic hydroxyl groups excluding tert-OH is 1. The van der Waals surface area contributed by atoms with Gasteiger partial charge in [0.2, 0.25) is 5.88 Å². The van der Waals surface area contributed by atoms with Gasteiger partial charge in [0, 0.05) is 34.7 Å². The van der Waals surface area contributed by atoms with Crippen LogP contribution in [0.5, 0.6) is 0 Å². The van der Waals surface area contributed by atoms with Crippen LogP contribution < -0.4 is 5.32 Å². The number of nitrogens with zero attached hydrogens (tertiary/aromatic N) is 1. The van der Waals surface area contributed by atoms with Crippen LogP contribution in [0.25, 0.3) is 5.57 Å². The lowest BCUT2D eigenvalue weighted by Gasteiger charge is -2.24. The summed E-state index contributed by atoms with van der Waals surface area (Å²) in [5.41, 5.74) is 1.76. The van der Waals surface area contributed by atoms with E-state index in [0.29, 0.717) is 11.3 Å². The molecule has 0 spiro atoms. The molecule has 1 aromatic heterocycles. The van der Waals surface area contributed by atoms with E-state index in [-0.39, 0.29) is 11.8 Å². The number of amides is 1. The predicted octanol–water partition coefficient (Wildman–Crippen LogP) is 4.33. The molecule has 2 aromatic rings. The third-order valence-electron chi connectivity index (χ3n) is 2.97. The third-order valence-corrected chi connectivity index (χ3v) is 5.55. The van der Waals surface area contributed by atoms with Gasteiger partial charge in [-0.2, -0.15) is 0 Å². The minimum atomic E-state index is -0.318. The summed E-state index contributed by atoms with van der Waals surface area (Å²) in [5.74, 6) is -0.345. The Morgan fingerprint density at radius 1 is 1.29 bits per heavy atom. The number of aliphatic hydroxyl groups is 1. The molecule has 0 saturated carbocycles. The van der Waals surface area contributed by atoms with Crippen LogP contribution in [0.3, 0.4) is 0 Å². The van der Waals surface area contributed by atoms with Crippen LogP contribution in [-0.4, -0.2) is 22.4 Å². The van der Waals surface area contributed by atoms with E-state index in [2.05, 4.69) is 21.2 Å². The fraction of sp³-hybridized carbons (Fsp3) is 0.0714. The normalized spacial score (nSPS) is 14.1. The van der Waals surface area contributed by atoms with Crippen LogP contribution in [0.4, 0.5) is 5.69 Å². The largest absolute Gasteiger partial charge is 0.494 e. The lowest BCUT2D eigenvalue weighted by Crippen LogP contribution is -2.22. The molecule has 0 bridgehead atoms. The second-order valence-electron chi connectivity index (χ2n) is 4.37. The fourth-order valence-corrected chi connectivity index (χ4v) is 4.21. The highest BCUT2D eigenvalue weighted by Gasteiger charge is 2.29. The van der Waals surface area contributed by atoms with Crippen molar-refractivity contribution in [3.8, 4) is 0 Å². The Kier molecular flexibility index (Phi) is 3.97. The monoisotopic (exact) mass is 382 g/mol. The topological polar surface area (TPSA) is 52.6 Å². The van der Waals surface area contributed by atoms with Gasteiger partial charge in [0.05, 0.1) is 4.21 Å². The van der Waals surface area contributed by atoms with Crippen molar-refractivity contribution in [3.05, 3.63) is 51.6 Å². The average Bonchev–Trinajstić information content (AvgIpc) is 2.90. The van der Waals surface area contributed by atoms with E-state index in [1.807, 2.05) is 23.6 Å². The number of rotatable bonds is 2. The van der Waals surface area contributed by atoms with E-state index in [1.165, 1.54) is 11.9 Å². The highest BCUT2D eigenvalue weighted by molar-refractivity contribution is 9.10. The van der Waals surface area contributed by atoms with E-state index in [4.69, 9.17) is 0 Å². The number of hydrogen-bond acceptors (Lipinski definition) is 5. The minimum absolute atomic E-state index is 0.0273. The molecule has 108 valence electrons. The Balaban J connectivity index is 1.93. The molecule has 1 amide bonds. The van der Waals surface area contributed by atoms with Crippen molar-refractivity contribution in [3.63, 3.8) is 0 Å². The molecule has 0 saturated heterocycles. The maximum atomic E-state index is 12.5. The van der Waals surface area contributed by atoms with Crippen molar-refractivity contribution in [2.45, 2.75) is 4.21 Å². The van der Waals surface area contributed by atoms with Gasteiger partial charge in [0.25, 0.3) is 5.91 Å². The zero-order chi connectivity index (χ0) is 15.0. The average molecular weight is 383 g/mol. The first-order chi connectivity index (χ1) is 10.1. The molecule has 0 radical (unpaired) electrons. The molecule has 1 aliphatic heterocycles.